The molecular formula is C16H15FN4O2S. The van der Waals surface area contributed by atoms with Gasteiger partial charge in [-0.1, -0.05) is 0 Å². The van der Waals surface area contributed by atoms with Crippen LogP contribution in [0.2, 0.25) is 0 Å². The number of rotatable bonds is 2. The van der Waals surface area contributed by atoms with Gasteiger partial charge in [-0.3, -0.25) is 0 Å². The van der Waals surface area contributed by atoms with Crippen molar-refractivity contribution in [1.29, 1.82) is 0 Å². The lowest BCUT2D eigenvalue weighted by molar-refractivity contribution is 0.514. The Morgan fingerprint density at radius 3 is 2.92 bits per heavy atom. The smallest absolute Gasteiger partial charge is 0.192 e. The summed E-state index contributed by atoms with van der Waals surface area (Å²) in [6.07, 6.45) is 2.46. The van der Waals surface area contributed by atoms with Crippen molar-refractivity contribution in [3.05, 3.63) is 42.1 Å². The Kier molecular flexibility index (Phi) is 3.40. The van der Waals surface area contributed by atoms with E-state index in [2.05, 4.69) is 19.9 Å². The van der Waals surface area contributed by atoms with Crippen molar-refractivity contribution < 1.29 is 12.8 Å². The third kappa shape index (κ3) is 2.47. The van der Waals surface area contributed by atoms with Crippen LogP contribution in [0.4, 0.5) is 4.39 Å². The van der Waals surface area contributed by atoms with E-state index in [4.69, 9.17) is 0 Å². The highest BCUT2D eigenvalue weighted by molar-refractivity contribution is 7.90. The van der Waals surface area contributed by atoms with E-state index in [0.29, 0.717) is 23.2 Å². The highest BCUT2D eigenvalue weighted by Gasteiger charge is 2.18. The van der Waals surface area contributed by atoms with E-state index in [0.717, 1.165) is 30.7 Å². The van der Waals surface area contributed by atoms with E-state index in [9.17, 15) is 12.8 Å². The second-order valence-corrected chi connectivity index (χ2v) is 7.79. The summed E-state index contributed by atoms with van der Waals surface area (Å²) in [5.41, 5.74) is 2.28. The summed E-state index contributed by atoms with van der Waals surface area (Å²) in [5, 5.41) is 3.16. The van der Waals surface area contributed by atoms with Crippen LogP contribution in [0, 0.1) is 5.82 Å². The number of pyridine rings is 1. The summed E-state index contributed by atoms with van der Waals surface area (Å²) in [7, 11) is -3.45. The summed E-state index contributed by atoms with van der Waals surface area (Å²) < 4.78 is 40.0. The third-order valence-electron chi connectivity index (χ3n) is 4.14. The van der Waals surface area contributed by atoms with E-state index >= 15 is 0 Å². The molecule has 0 saturated carbocycles. The second-order valence-electron chi connectivity index (χ2n) is 5.83. The number of imidazole rings is 1. The molecule has 24 heavy (non-hydrogen) atoms. The molecule has 0 radical (unpaired) electrons. The Hall–Kier alpha value is -2.32. The number of benzene rings is 1. The van der Waals surface area contributed by atoms with Crippen molar-refractivity contribution in [3.63, 3.8) is 0 Å². The number of sulfone groups is 1. The van der Waals surface area contributed by atoms with Crippen molar-refractivity contribution in [2.75, 3.05) is 12.8 Å². The lowest BCUT2D eigenvalue weighted by atomic mass is 10.1. The first kappa shape index (κ1) is 15.2. The minimum Gasteiger partial charge on any atom is -0.326 e. The van der Waals surface area contributed by atoms with Gasteiger partial charge >= 0.3 is 0 Å². The van der Waals surface area contributed by atoms with Gasteiger partial charge in [0.1, 0.15) is 11.6 Å². The number of aromatic nitrogens is 3. The minimum absolute atomic E-state index is 0.0704. The standard InChI is InChI=1S/C16H15FN4O2S/c1-24(22,23)16-6-10(2-3-19-16)11-7-14-13(8-12(11)17)20-15-9-18-4-5-21(14)15/h2-3,6-8,18H,4-5,9H2,1H3. The van der Waals surface area contributed by atoms with Crippen molar-refractivity contribution >= 4 is 20.9 Å². The topological polar surface area (TPSA) is 76.9 Å². The van der Waals surface area contributed by atoms with Gasteiger partial charge in [0.2, 0.25) is 0 Å². The first-order chi connectivity index (χ1) is 11.4. The molecule has 0 fully saturated rings. The highest BCUT2D eigenvalue weighted by atomic mass is 32.2. The lowest BCUT2D eigenvalue weighted by Gasteiger charge is -2.15. The van der Waals surface area contributed by atoms with Gasteiger partial charge in [-0.25, -0.2) is 22.8 Å². The zero-order valence-corrected chi connectivity index (χ0v) is 13.8. The van der Waals surface area contributed by atoms with Crippen molar-refractivity contribution in [2.24, 2.45) is 0 Å². The zero-order chi connectivity index (χ0) is 16.9. The Morgan fingerprint density at radius 1 is 1.29 bits per heavy atom. The van der Waals surface area contributed by atoms with E-state index in [-0.39, 0.29) is 5.03 Å². The molecule has 0 saturated heterocycles. The molecule has 4 rings (SSSR count). The molecular weight excluding hydrogens is 331 g/mol. The van der Waals surface area contributed by atoms with Gasteiger partial charge in [-0.05, 0) is 23.8 Å². The molecule has 0 bridgehead atoms. The molecule has 1 aliphatic heterocycles. The molecule has 1 N–H and O–H groups in total. The number of halogens is 1. The van der Waals surface area contributed by atoms with Crippen LogP contribution < -0.4 is 5.32 Å². The summed E-state index contributed by atoms with van der Waals surface area (Å²) in [4.78, 5) is 8.31. The molecule has 0 atom stereocenters. The number of nitrogens with zero attached hydrogens (tertiary/aromatic N) is 3. The molecule has 1 aromatic carbocycles. The second kappa shape index (κ2) is 5.35. The highest BCUT2D eigenvalue weighted by Crippen LogP contribution is 2.29. The first-order valence-electron chi connectivity index (χ1n) is 7.49. The quantitative estimate of drug-likeness (QED) is 0.765. The molecule has 0 spiro atoms. The van der Waals surface area contributed by atoms with Crippen molar-refractivity contribution in [1.82, 2.24) is 19.9 Å². The summed E-state index contributed by atoms with van der Waals surface area (Å²) in [5.74, 6) is 0.441. The first-order valence-corrected chi connectivity index (χ1v) is 9.38. The summed E-state index contributed by atoms with van der Waals surface area (Å²) in [6, 6.07) is 6.13. The average molecular weight is 346 g/mol. The van der Waals surface area contributed by atoms with Gasteiger partial charge in [-0.15, -0.1) is 0 Å². The molecule has 1 aliphatic rings. The molecule has 0 aliphatic carbocycles. The van der Waals surface area contributed by atoms with Crippen LogP contribution in [0.25, 0.3) is 22.2 Å². The van der Waals surface area contributed by atoms with Crippen LogP contribution in [0.5, 0.6) is 0 Å². The molecule has 6 nitrogen and oxygen atoms in total. The Labute approximate surface area is 138 Å². The Bertz CT molecular complexity index is 1060. The van der Waals surface area contributed by atoms with E-state index in [1.807, 2.05) is 0 Å². The zero-order valence-electron chi connectivity index (χ0n) is 13.0. The Balaban J connectivity index is 1.92. The minimum atomic E-state index is -3.45. The van der Waals surface area contributed by atoms with Gasteiger partial charge in [0.15, 0.2) is 14.9 Å². The van der Waals surface area contributed by atoms with E-state index in [1.165, 1.54) is 18.3 Å². The SMILES string of the molecule is CS(=O)(=O)c1cc(-c2cc3c(cc2F)nc2n3CCNC2)ccn1. The number of fused-ring (bicyclic) bond motifs is 3. The van der Waals surface area contributed by atoms with Gasteiger partial charge in [0.05, 0.1) is 17.6 Å². The molecule has 124 valence electrons. The summed E-state index contributed by atoms with van der Waals surface area (Å²) >= 11 is 0. The number of nitrogens with one attached hydrogen (secondary N) is 1. The van der Waals surface area contributed by atoms with Crippen LogP contribution >= 0.6 is 0 Å². The van der Waals surface area contributed by atoms with Crippen LogP contribution in [0.15, 0.2) is 35.5 Å². The van der Waals surface area contributed by atoms with Crippen LogP contribution in [-0.2, 0) is 22.9 Å². The summed E-state index contributed by atoms with van der Waals surface area (Å²) in [6.45, 7) is 2.25. The van der Waals surface area contributed by atoms with Gasteiger partial charge in [0, 0.05) is 37.2 Å². The van der Waals surface area contributed by atoms with Crippen LogP contribution in [0.1, 0.15) is 5.82 Å². The van der Waals surface area contributed by atoms with Crippen molar-refractivity contribution in [2.45, 2.75) is 18.1 Å². The van der Waals surface area contributed by atoms with Gasteiger partial charge < -0.3 is 9.88 Å². The Morgan fingerprint density at radius 2 is 2.12 bits per heavy atom. The maximum absolute atomic E-state index is 14.6. The fraction of sp³-hybridized carbons (Fsp3) is 0.250. The van der Waals surface area contributed by atoms with Crippen LogP contribution in [-0.4, -0.2) is 35.8 Å². The maximum Gasteiger partial charge on any atom is 0.192 e. The molecule has 0 unspecified atom stereocenters. The predicted molar refractivity (Wildman–Crippen MR) is 87.7 cm³/mol. The lowest BCUT2D eigenvalue weighted by Crippen LogP contribution is -2.28. The third-order valence-corrected chi connectivity index (χ3v) is 5.12. The monoisotopic (exact) mass is 346 g/mol. The van der Waals surface area contributed by atoms with Gasteiger partial charge in [-0.2, -0.15) is 0 Å². The van der Waals surface area contributed by atoms with E-state index in [1.54, 1.807) is 12.1 Å². The molecule has 3 heterocycles. The molecule has 8 heteroatoms. The normalized spacial score (nSPS) is 14.8. The number of hydrogen-bond acceptors (Lipinski definition) is 5. The van der Waals surface area contributed by atoms with Crippen molar-refractivity contribution in [3.8, 4) is 11.1 Å². The fourth-order valence-corrected chi connectivity index (χ4v) is 3.57. The molecule has 2 aromatic heterocycles. The largest absolute Gasteiger partial charge is 0.326 e. The van der Waals surface area contributed by atoms with Crippen LogP contribution in [0.3, 0.4) is 0 Å². The average Bonchev–Trinajstić information content (AvgIpc) is 2.90. The molecule has 0 amide bonds. The predicted octanol–water partition coefficient (Wildman–Crippen LogP) is 1.74. The van der Waals surface area contributed by atoms with Gasteiger partial charge in [0.25, 0.3) is 0 Å². The number of hydrogen-bond donors (Lipinski definition) is 1. The van der Waals surface area contributed by atoms with E-state index < -0.39 is 15.7 Å². The maximum atomic E-state index is 14.6. The molecule has 3 aromatic rings. The fourth-order valence-electron chi connectivity index (χ4n) is 2.97.